The third kappa shape index (κ3) is 11.5. The van der Waals surface area contributed by atoms with E-state index in [1.807, 2.05) is 82.6 Å². The average molecular weight is 560 g/mol. The molecule has 0 aliphatic carbocycles. The Hall–Kier alpha value is -4.51. The average Bonchev–Trinajstić information content (AvgIpc) is 2.94. The topological polar surface area (TPSA) is 143 Å². The number of rotatable bonds is 8. The fourth-order valence-corrected chi connectivity index (χ4v) is 3.89. The van der Waals surface area contributed by atoms with E-state index in [2.05, 4.69) is 53.5 Å². The zero-order valence-electron chi connectivity index (χ0n) is 21.9. The molecule has 4 rings (SSSR count). The summed E-state index contributed by atoms with van der Waals surface area (Å²) in [7, 11) is -4.67. The lowest BCUT2D eigenvalue weighted by Gasteiger charge is -2.27. The summed E-state index contributed by atoms with van der Waals surface area (Å²) < 4.78 is 31.6. The summed E-state index contributed by atoms with van der Waals surface area (Å²) in [5.41, 5.74) is 11.1. The van der Waals surface area contributed by atoms with Crippen LogP contribution < -0.4 is 5.73 Å². The summed E-state index contributed by atoms with van der Waals surface area (Å²) in [4.78, 5) is 8.55. The van der Waals surface area contributed by atoms with Crippen molar-refractivity contribution >= 4 is 22.3 Å². The van der Waals surface area contributed by atoms with E-state index >= 15 is 0 Å². The number of hydrogen-bond donors (Lipinski definition) is 4. The van der Waals surface area contributed by atoms with Crippen LogP contribution in [0.5, 0.6) is 0 Å². The Balaban J connectivity index is 0.000000810. The van der Waals surface area contributed by atoms with Gasteiger partial charge < -0.3 is 15.5 Å². The molecule has 0 atom stereocenters. The van der Waals surface area contributed by atoms with Gasteiger partial charge in [0.15, 0.2) is 5.96 Å². The summed E-state index contributed by atoms with van der Waals surface area (Å²) >= 11 is 0. The maximum Gasteiger partial charge on any atom is 0.394 e. The van der Waals surface area contributed by atoms with Crippen molar-refractivity contribution in [3.8, 4) is 0 Å². The van der Waals surface area contributed by atoms with E-state index in [0.29, 0.717) is 32.1 Å². The second kappa shape index (κ2) is 15.2. The number of benzene rings is 4. The van der Waals surface area contributed by atoms with Crippen molar-refractivity contribution in [3.05, 3.63) is 144 Å². The molecule has 0 saturated carbocycles. The lowest BCUT2D eigenvalue weighted by Crippen LogP contribution is -2.39. The molecule has 0 spiro atoms. The zero-order valence-corrected chi connectivity index (χ0v) is 22.7. The lowest BCUT2D eigenvalue weighted by atomic mass is 10.1. The highest BCUT2D eigenvalue weighted by Crippen LogP contribution is 2.13. The van der Waals surface area contributed by atoms with Crippen LogP contribution >= 0.6 is 0 Å². The first kappa shape index (κ1) is 30.0. The van der Waals surface area contributed by atoms with Crippen LogP contribution in [0.15, 0.2) is 126 Å². The third-order valence-corrected chi connectivity index (χ3v) is 5.71. The van der Waals surface area contributed by atoms with Crippen LogP contribution in [0.1, 0.15) is 22.3 Å². The van der Waals surface area contributed by atoms with Gasteiger partial charge in [-0.1, -0.05) is 121 Å². The Morgan fingerprint density at radius 2 is 0.850 bits per heavy atom. The molecule has 0 aromatic heterocycles. The molecule has 4 aromatic rings. The van der Waals surface area contributed by atoms with Crippen molar-refractivity contribution in [1.82, 2.24) is 9.80 Å². The predicted octanol–water partition coefficient (Wildman–Crippen LogP) is 4.99. The van der Waals surface area contributed by atoms with E-state index in [4.69, 9.17) is 28.7 Å². The van der Waals surface area contributed by atoms with Crippen molar-refractivity contribution in [1.29, 1.82) is 5.41 Å². The van der Waals surface area contributed by atoms with Crippen molar-refractivity contribution in [3.63, 3.8) is 0 Å². The highest BCUT2D eigenvalue weighted by atomic mass is 32.3. The van der Waals surface area contributed by atoms with Gasteiger partial charge in [0.25, 0.3) is 0 Å². The SMILES string of the molecule is N=C(N=C(N)N(Cc1ccccc1)Cc1ccccc1)N(Cc1ccccc1)Cc1ccccc1.O=S(=O)(O)O. The fraction of sp³-hybridized carbons (Fsp3) is 0.133. The van der Waals surface area contributed by atoms with Crippen molar-refractivity contribution in [2.45, 2.75) is 26.2 Å². The molecule has 0 bridgehead atoms. The lowest BCUT2D eigenvalue weighted by molar-refractivity contribution is 0.381. The van der Waals surface area contributed by atoms with Gasteiger partial charge in [-0.25, -0.2) is 0 Å². The smallest absolute Gasteiger partial charge is 0.369 e. The molecule has 0 unspecified atom stereocenters. The van der Waals surface area contributed by atoms with Gasteiger partial charge in [0.05, 0.1) is 0 Å². The van der Waals surface area contributed by atoms with Gasteiger partial charge in [0.2, 0.25) is 5.96 Å². The molecule has 0 saturated heterocycles. The molecule has 0 heterocycles. The van der Waals surface area contributed by atoms with Gasteiger partial charge in [-0.2, -0.15) is 13.4 Å². The van der Waals surface area contributed by atoms with Crippen LogP contribution in [0.2, 0.25) is 0 Å². The maximum atomic E-state index is 8.86. The standard InChI is InChI=1S/C30H31N5.H2O4S/c31-29(34(21-25-13-5-1-6-14-25)22-26-15-7-2-8-16-26)33-30(32)35(23-27-17-9-3-10-18-27)24-28-19-11-4-12-20-28;1-5(2,3)4/h1-20H,21-24H2,(H3,31,32,33);(H2,1,2,3,4). The van der Waals surface area contributed by atoms with Gasteiger partial charge in [0.1, 0.15) is 0 Å². The Labute approximate surface area is 235 Å². The van der Waals surface area contributed by atoms with E-state index in [0.717, 1.165) is 22.3 Å². The van der Waals surface area contributed by atoms with E-state index in [9.17, 15) is 0 Å². The summed E-state index contributed by atoms with van der Waals surface area (Å²) in [6.45, 7) is 2.36. The molecule has 9 nitrogen and oxygen atoms in total. The predicted molar refractivity (Wildman–Crippen MR) is 158 cm³/mol. The number of nitrogens with one attached hydrogen (secondary N) is 1. The zero-order chi connectivity index (χ0) is 28.8. The summed E-state index contributed by atoms with van der Waals surface area (Å²) in [5.74, 6) is 0.468. The summed E-state index contributed by atoms with van der Waals surface area (Å²) in [6.07, 6.45) is 0. The van der Waals surface area contributed by atoms with Crippen LogP contribution in [-0.2, 0) is 36.6 Å². The van der Waals surface area contributed by atoms with Crippen molar-refractivity contribution in [2.75, 3.05) is 0 Å². The molecule has 208 valence electrons. The molecular weight excluding hydrogens is 526 g/mol. The minimum absolute atomic E-state index is 0.140. The Kier molecular flexibility index (Phi) is 11.4. The van der Waals surface area contributed by atoms with Crippen molar-refractivity contribution in [2.24, 2.45) is 10.7 Å². The molecular formula is C30H33N5O4S. The minimum atomic E-state index is -4.67. The van der Waals surface area contributed by atoms with Gasteiger partial charge in [0, 0.05) is 26.2 Å². The van der Waals surface area contributed by atoms with Gasteiger partial charge in [-0.15, -0.1) is 0 Å². The molecule has 0 radical (unpaired) electrons. The van der Waals surface area contributed by atoms with E-state index < -0.39 is 10.4 Å². The fourth-order valence-electron chi connectivity index (χ4n) is 3.89. The molecule has 5 N–H and O–H groups in total. The minimum Gasteiger partial charge on any atom is -0.369 e. The normalized spacial score (nSPS) is 11.2. The van der Waals surface area contributed by atoms with E-state index in [1.165, 1.54) is 0 Å². The number of nitrogens with zero attached hydrogens (tertiary/aromatic N) is 3. The van der Waals surface area contributed by atoms with Crippen LogP contribution in [0.3, 0.4) is 0 Å². The Morgan fingerprint density at radius 3 is 1.12 bits per heavy atom. The monoisotopic (exact) mass is 559 g/mol. The first-order valence-electron chi connectivity index (χ1n) is 12.5. The van der Waals surface area contributed by atoms with Crippen LogP contribution in [0.25, 0.3) is 0 Å². The molecule has 10 heteroatoms. The summed E-state index contributed by atoms with van der Waals surface area (Å²) in [5, 5.41) is 8.86. The van der Waals surface area contributed by atoms with Gasteiger partial charge in [-0.3, -0.25) is 14.5 Å². The third-order valence-electron chi connectivity index (χ3n) is 5.71. The summed E-state index contributed by atoms with van der Waals surface area (Å²) in [6, 6.07) is 40.7. The molecule has 0 aliphatic heterocycles. The second-order valence-electron chi connectivity index (χ2n) is 8.90. The van der Waals surface area contributed by atoms with E-state index in [1.54, 1.807) is 0 Å². The van der Waals surface area contributed by atoms with Crippen LogP contribution in [-0.4, -0.2) is 39.2 Å². The molecule has 0 amide bonds. The highest BCUT2D eigenvalue weighted by molar-refractivity contribution is 7.79. The van der Waals surface area contributed by atoms with Crippen LogP contribution in [0.4, 0.5) is 0 Å². The van der Waals surface area contributed by atoms with Gasteiger partial charge >= 0.3 is 10.4 Å². The number of hydrogen-bond acceptors (Lipinski definition) is 3. The second-order valence-corrected chi connectivity index (χ2v) is 9.79. The molecule has 4 aromatic carbocycles. The first-order valence-corrected chi connectivity index (χ1v) is 13.9. The van der Waals surface area contributed by atoms with Gasteiger partial charge in [-0.05, 0) is 22.3 Å². The van der Waals surface area contributed by atoms with E-state index in [-0.39, 0.29) is 5.96 Å². The maximum absolute atomic E-state index is 8.86. The quantitative estimate of drug-likeness (QED) is 0.135. The molecule has 0 fully saturated rings. The van der Waals surface area contributed by atoms with Crippen molar-refractivity contribution < 1.29 is 17.5 Å². The first-order chi connectivity index (χ1) is 19.2. The Morgan fingerprint density at radius 1 is 0.600 bits per heavy atom. The molecule has 0 aliphatic rings. The number of guanidine groups is 2. The van der Waals surface area contributed by atoms with Crippen LogP contribution in [0, 0.1) is 5.41 Å². The largest absolute Gasteiger partial charge is 0.394 e. The Bertz CT molecular complexity index is 1360. The molecule has 40 heavy (non-hydrogen) atoms. The number of nitrogens with two attached hydrogens (primary N) is 1. The number of aliphatic imine (C=N–C) groups is 1. The highest BCUT2D eigenvalue weighted by Gasteiger charge is 2.15.